The maximum absolute atomic E-state index is 11.2. The van der Waals surface area contributed by atoms with Gasteiger partial charge in [-0.25, -0.2) is 8.42 Å². The lowest BCUT2D eigenvalue weighted by Gasteiger charge is -2.51. The summed E-state index contributed by atoms with van der Waals surface area (Å²) in [4.78, 5) is 0. The lowest BCUT2D eigenvalue weighted by molar-refractivity contribution is -0.216. The first kappa shape index (κ1) is 10.4. The highest BCUT2D eigenvalue weighted by Gasteiger charge is 2.54. The molecular formula is C8H15NO4S. The highest BCUT2D eigenvalue weighted by Crippen LogP contribution is 2.36. The smallest absolute Gasteiger partial charge is 0.150 e. The minimum Gasteiger partial charge on any atom is -0.383 e. The van der Waals surface area contributed by atoms with Crippen molar-refractivity contribution in [2.45, 2.75) is 24.0 Å². The van der Waals surface area contributed by atoms with Crippen molar-refractivity contribution in [1.82, 2.24) is 0 Å². The van der Waals surface area contributed by atoms with E-state index in [2.05, 4.69) is 0 Å². The van der Waals surface area contributed by atoms with Crippen LogP contribution >= 0.6 is 0 Å². The summed E-state index contributed by atoms with van der Waals surface area (Å²) < 4.78 is 27.3. The van der Waals surface area contributed by atoms with E-state index in [0.717, 1.165) is 0 Å². The molecule has 0 bridgehead atoms. The van der Waals surface area contributed by atoms with Crippen LogP contribution < -0.4 is 5.73 Å². The van der Waals surface area contributed by atoms with E-state index in [1.54, 1.807) is 0 Å². The fourth-order valence-corrected chi connectivity index (χ4v) is 3.51. The molecule has 5 nitrogen and oxygen atoms in total. The predicted molar refractivity (Wildman–Crippen MR) is 50.6 cm³/mol. The second kappa shape index (κ2) is 2.91. The third-order valence-electron chi connectivity index (χ3n) is 3.33. The summed E-state index contributed by atoms with van der Waals surface area (Å²) in [6.45, 7) is 0.451. The SMILES string of the molecule is NC1(C2(O)COC2)CCS(=O)(=O)CC1. The minimum atomic E-state index is -2.93. The van der Waals surface area contributed by atoms with Gasteiger partial charge in [-0.3, -0.25) is 0 Å². The van der Waals surface area contributed by atoms with Gasteiger partial charge in [0.25, 0.3) is 0 Å². The molecule has 0 saturated carbocycles. The highest BCUT2D eigenvalue weighted by atomic mass is 32.2. The van der Waals surface area contributed by atoms with Crippen LogP contribution in [0.2, 0.25) is 0 Å². The Morgan fingerprint density at radius 2 is 1.71 bits per heavy atom. The van der Waals surface area contributed by atoms with Gasteiger partial charge in [0.1, 0.15) is 15.4 Å². The first-order valence-electron chi connectivity index (χ1n) is 4.66. The summed E-state index contributed by atoms with van der Waals surface area (Å²) in [6, 6.07) is 0. The van der Waals surface area contributed by atoms with E-state index in [1.807, 2.05) is 0 Å². The van der Waals surface area contributed by atoms with E-state index < -0.39 is 21.0 Å². The standard InChI is InChI=1S/C8H15NO4S/c9-7(8(10)5-13-6-8)1-3-14(11,12)4-2-7/h10H,1-6,9H2. The topological polar surface area (TPSA) is 89.6 Å². The summed E-state index contributed by atoms with van der Waals surface area (Å²) in [5.74, 6) is 0.150. The lowest BCUT2D eigenvalue weighted by Crippen LogP contribution is -2.72. The average molecular weight is 221 g/mol. The molecule has 2 fully saturated rings. The van der Waals surface area contributed by atoms with Crippen LogP contribution in [0.4, 0.5) is 0 Å². The van der Waals surface area contributed by atoms with E-state index in [-0.39, 0.29) is 24.7 Å². The van der Waals surface area contributed by atoms with Gasteiger partial charge < -0.3 is 15.6 Å². The third kappa shape index (κ3) is 1.46. The van der Waals surface area contributed by atoms with Crippen LogP contribution in [0, 0.1) is 0 Å². The molecule has 2 saturated heterocycles. The monoisotopic (exact) mass is 221 g/mol. The number of ether oxygens (including phenoxy) is 1. The van der Waals surface area contributed by atoms with Gasteiger partial charge in [-0.1, -0.05) is 0 Å². The van der Waals surface area contributed by atoms with Gasteiger partial charge in [0.15, 0.2) is 0 Å². The van der Waals surface area contributed by atoms with Crippen LogP contribution in [-0.4, -0.2) is 49.4 Å². The fraction of sp³-hybridized carbons (Fsp3) is 1.00. The van der Waals surface area contributed by atoms with Gasteiger partial charge in [0.05, 0.1) is 30.3 Å². The fourth-order valence-electron chi connectivity index (χ4n) is 1.95. The zero-order valence-corrected chi connectivity index (χ0v) is 8.72. The first-order chi connectivity index (χ1) is 6.37. The minimum absolute atomic E-state index is 0.0752. The molecule has 0 aromatic rings. The van der Waals surface area contributed by atoms with Gasteiger partial charge in [0.2, 0.25) is 0 Å². The van der Waals surface area contributed by atoms with Crippen molar-refractivity contribution >= 4 is 9.84 Å². The van der Waals surface area contributed by atoms with Crippen molar-refractivity contribution in [3.05, 3.63) is 0 Å². The maximum Gasteiger partial charge on any atom is 0.150 e. The van der Waals surface area contributed by atoms with E-state index >= 15 is 0 Å². The van der Waals surface area contributed by atoms with Crippen molar-refractivity contribution in [1.29, 1.82) is 0 Å². The zero-order valence-electron chi connectivity index (χ0n) is 7.90. The molecule has 0 amide bonds. The van der Waals surface area contributed by atoms with Crippen LogP contribution in [-0.2, 0) is 14.6 Å². The van der Waals surface area contributed by atoms with E-state index in [0.29, 0.717) is 12.8 Å². The summed E-state index contributed by atoms with van der Waals surface area (Å²) in [5, 5.41) is 10.0. The molecule has 0 aromatic heterocycles. The Hall–Kier alpha value is -0.170. The Kier molecular flexibility index (Phi) is 2.15. The van der Waals surface area contributed by atoms with Gasteiger partial charge in [-0.2, -0.15) is 0 Å². The lowest BCUT2D eigenvalue weighted by atomic mass is 9.75. The van der Waals surface area contributed by atoms with E-state index in [1.165, 1.54) is 0 Å². The number of hydrogen-bond donors (Lipinski definition) is 2. The van der Waals surface area contributed by atoms with Crippen LogP contribution in [0.15, 0.2) is 0 Å². The largest absolute Gasteiger partial charge is 0.383 e. The van der Waals surface area contributed by atoms with Crippen molar-refractivity contribution in [3.8, 4) is 0 Å². The number of sulfone groups is 1. The van der Waals surface area contributed by atoms with Crippen molar-refractivity contribution in [3.63, 3.8) is 0 Å². The molecule has 3 N–H and O–H groups in total. The normalized spacial score (nSPS) is 33.3. The number of rotatable bonds is 1. The van der Waals surface area contributed by atoms with Crippen molar-refractivity contribution in [2.75, 3.05) is 24.7 Å². The maximum atomic E-state index is 11.2. The zero-order chi connectivity index (χ0) is 10.4. The number of nitrogens with two attached hydrogens (primary N) is 1. The Morgan fingerprint density at radius 1 is 1.21 bits per heavy atom. The molecule has 0 radical (unpaired) electrons. The van der Waals surface area contributed by atoms with Crippen LogP contribution in [0.1, 0.15) is 12.8 Å². The molecule has 82 valence electrons. The Morgan fingerprint density at radius 3 is 2.07 bits per heavy atom. The van der Waals surface area contributed by atoms with Gasteiger partial charge >= 0.3 is 0 Å². The van der Waals surface area contributed by atoms with Gasteiger partial charge in [-0.15, -0.1) is 0 Å². The highest BCUT2D eigenvalue weighted by molar-refractivity contribution is 7.91. The molecule has 2 heterocycles. The molecule has 2 aliphatic heterocycles. The molecule has 2 rings (SSSR count). The Labute approximate surface area is 83.2 Å². The van der Waals surface area contributed by atoms with E-state index in [9.17, 15) is 13.5 Å². The summed E-state index contributed by atoms with van der Waals surface area (Å²) in [7, 11) is -2.93. The summed E-state index contributed by atoms with van der Waals surface area (Å²) >= 11 is 0. The third-order valence-corrected chi connectivity index (χ3v) is 4.98. The average Bonchev–Trinajstić information content (AvgIpc) is 2.07. The molecular weight excluding hydrogens is 206 g/mol. The molecule has 0 spiro atoms. The second-order valence-corrected chi connectivity index (χ2v) is 6.64. The Balaban J connectivity index is 2.12. The number of aliphatic hydroxyl groups is 1. The Bertz CT molecular complexity index is 319. The van der Waals surface area contributed by atoms with Gasteiger partial charge in [0, 0.05) is 0 Å². The van der Waals surface area contributed by atoms with Crippen LogP contribution in [0.3, 0.4) is 0 Å². The molecule has 0 aliphatic carbocycles. The van der Waals surface area contributed by atoms with E-state index in [4.69, 9.17) is 10.5 Å². The quantitative estimate of drug-likeness (QED) is 0.571. The molecule has 0 atom stereocenters. The number of hydrogen-bond acceptors (Lipinski definition) is 5. The van der Waals surface area contributed by atoms with Crippen molar-refractivity contribution < 1.29 is 18.3 Å². The first-order valence-corrected chi connectivity index (χ1v) is 6.49. The van der Waals surface area contributed by atoms with Crippen molar-refractivity contribution in [2.24, 2.45) is 5.73 Å². The molecule has 14 heavy (non-hydrogen) atoms. The van der Waals surface area contributed by atoms with Gasteiger partial charge in [-0.05, 0) is 12.8 Å². The molecule has 0 aromatic carbocycles. The second-order valence-electron chi connectivity index (χ2n) is 4.33. The molecule has 2 aliphatic rings. The van der Waals surface area contributed by atoms with Crippen LogP contribution in [0.5, 0.6) is 0 Å². The van der Waals surface area contributed by atoms with Crippen LogP contribution in [0.25, 0.3) is 0 Å². The summed E-state index contributed by atoms with van der Waals surface area (Å²) in [6.07, 6.45) is 0.657. The molecule has 0 unspecified atom stereocenters. The molecule has 6 heteroatoms. The summed E-state index contributed by atoms with van der Waals surface area (Å²) in [5.41, 5.74) is 4.23. The predicted octanol–water partition coefficient (Wildman–Crippen LogP) is -1.35.